The lowest BCUT2D eigenvalue weighted by Gasteiger charge is -2.40. The second-order valence-electron chi connectivity index (χ2n) is 13.8. The van der Waals surface area contributed by atoms with Crippen molar-refractivity contribution in [2.75, 3.05) is 44.2 Å². The molecule has 12 heteroatoms. The number of piperazine rings is 1. The van der Waals surface area contributed by atoms with E-state index in [2.05, 4.69) is 25.8 Å². The lowest BCUT2D eigenvalue weighted by atomic mass is 9.95. The highest BCUT2D eigenvalue weighted by Gasteiger charge is 2.49. The highest BCUT2D eigenvalue weighted by Crippen LogP contribution is 2.41. The fourth-order valence-electron chi connectivity index (χ4n) is 8.06. The highest BCUT2D eigenvalue weighted by atomic mass is 19.1. The third-order valence-corrected chi connectivity index (χ3v) is 10.5. The Bertz CT molecular complexity index is 2260. The number of ether oxygens (including phenoxy) is 1. The molecule has 1 amide bonds. The summed E-state index contributed by atoms with van der Waals surface area (Å²) in [6, 6.07) is 15.7. The molecule has 3 fully saturated rings. The number of pyridine rings is 2. The quantitative estimate of drug-likeness (QED) is 0.143. The first kappa shape index (κ1) is 33.6. The van der Waals surface area contributed by atoms with Gasteiger partial charge in [0.05, 0.1) is 16.6 Å². The zero-order chi connectivity index (χ0) is 36.0. The standard InChI is InChI=1S/C40H36F3N7O2/c1-3-26-9-6-10-27-11-7-13-30(33(26)27)35-34(43)36-31(21-45-35)37(47-39(46-36)52-24-40-14-8-16-49(40)23-28(41)20-40)50-18-17-48(22-25(50)2)38(51)32(42)19-29-12-4-5-15-44-29/h1,4-7,9-13,15,19,21,25,28H,8,14,16-18,20,22-24H2,2H3/b32-19-/t25?,28?,40-/m0/s1. The fraction of sp³-hybridized carbons (Fsp3) is 0.325. The summed E-state index contributed by atoms with van der Waals surface area (Å²) in [5.41, 5.74) is 1.08. The minimum atomic E-state index is -0.944. The van der Waals surface area contributed by atoms with E-state index in [1.54, 1.807) is 36.5 Å². The van der Waals surface area contributed by atoms with Gasteiger partial charge >= 0.3 is 6.01 Å². The second kappa shape index (κ2) is 13.5. The van der Waals surface area contributed by atoms with Crippen LogP contribution in [0.25, 0.3) is 39.0 Å². The Balaban J connectivity index is 1.17. The summed E-state index contributed by atoms with van der Waals surface area (Å²) in [5.74, 6) is 0.762. The molecule has 9 nitrogen and oxygen atoms in total. The molecule has 3 aromatic heterocycles. The van der Waals surface area contributed by atoms with Crippen LogP contribution in [0.1, 0.15) is 37.4 Å². The van der Waals surface area contributed by atoms with Crippen LogP contribution in [-0.2, 0) is 4.79 Å². The number of aromatic nitrogens is 4. The Morgan fingerprint density at radius 2 is 1.92 bits per heavy atom. The van der Waals surface area contributed by atoms with E-state index in [1.165, 1.54) is 11.1 Å². The lowest BCUT2D eigenvalue weighted by Crippen LogP contribution is -2.54. The molecule has 264 valence electrons. The van der Waals surface area contributed by atoms with E-state index in [-0.39, 0.29) is 49.5 Å². The van der Waals surface area contributed by atoms with Crippen LogP contribution in [0.15, 0.2) is 72.8 Å². The van der Waals surface area contributed by atoms with Crippen molar-refractivity contribution in [2.24, 2.45) is 0 Å². The van der Waals surface area contributed by atoms with Crippen LogP contribution >= 0.6 is 0 Å². The van der Waals surface area contributed by atoms with Gasteiger partial charge < -0.3 is 14.5 Å². The number of nitrogens with zero attached hydrogens (tertiary/aromatic N) is 7. The van der Waals surface area contributed by atoms with Gasteiger partial charge in [-0.15, -0.1) is 6.42 Å². The molecule has 2 aromatic carbocycles. The lowest BCUT2D eigenvalue weighted by molar-refractivity contribution is -0.129. The number of carbonyl (C=O) groups is 1. The van der Waals surface area contributed by atoms with Gasteiger partial charge in [0.25, 0.3) is 5.91 Å². The first-order valence-electron chi connectivity index (χ1n) is 17.5. The zero-order valence-electron chi connectivity index (χ0n) is 28.6. The van der Waals surface area contributed by atoms with Crippen LogP contribution < -0.4 is 9.64 Å². The summed E-state index contributed by atoms with van der Waals surface area (Å²) in [6.07, 6.45) is 11.2. The maximum Gasteiger partial charge on any atom is 0.319 e. The van der Waals surface area contributed by atoms with E-state index in [0.717, 1.165) is 30.8 Å². The van der Waals surface area contributed by atoms with Gasteiger partial charge in [-0.3, -0.25) is 19.7 Å². The summed E-state index contributed by atoms with van der Waals surface area (Å²) in [4.78, 5) is 36.7. The number of terminal acetylenes is 1. The summed E-state index contributed by atoms with van der Waals surface area (Å²) in [7, 11) is 0. The van der Waals surface area contributed by atoms with Crippen molar-refractivity contribution >= 4 is 39.5 Å². The normalized spacial score (nSPS) is 22.2. The number of rotatable bonds is 7. The fourth-order valence-corrected chi connectivity index (χ4v) is 8.06. The number of fused-ring (bicyclic) bond motifs is 3. The predicted molar refractivity (Wildman–Crippen MR) is 193 cm³/mol. The molecule has 0 radical (unpaired) electrons. The number of amides is 1. The van der Waals surface area contributed by atoms with Crippen LogP contribution in [0.3, 0.4) is 0 Å². The van der Waals surface area contributed by atoms with Crippen molar-refractivity contribution < 1.29 is 22.7 Å². The highest BCUT2D eigenvalue weighted by molar-refractivity contribution is 6.02. The molecule has 8 rings (SSSR count). The van der Waals surface area contributed by atoms with Crippen molar-refractivity contribution in [3.8, 4) is 29.6 Å². The molecule has 52 heavy (non-hydrogen) atoms. The summed E-state index contributed by atoms with van der Waals surface area (Å²) in [6.45, 7) is 3.84. The van der Waals surface area contributed by atoms with Gasteiger partial charge in [-0.25, -0.2) is 13.2 Å². The number of benzene rings is 2. The third-order valence-electron chi connectivity index (χ3n) is 10.5. The Kier molecular flexibility index (Phi) is 8.75. The Hall–Kier alpha value is -5.54. The zero-order valence-corrected chi connectivity index (χ0v) is 28.6. The molecule has 6 heterocycles. The van der Waals surface area contributed by atoms with Gasteiger partial charge in [0.1, 0.15) is 29.8 Å². The minimum Gasteiger partial charge on any atom is -0.461 e. The molecule has 2 unspecified atom stereocenters. The number of anilines is 1. The van der Waals surface area contributed by atoms with Crippen LogP contribution in [0.2, 0.25) is 0 Å². The molecular formula is C40H36F3N7O2. The third kappa shape index (κ3) is 5.98. The molecule has 3 atom stereocenters. The van der Waals surface area contributed by atoms with Crippen molar-refractivity contribution in [1.82, 2.24) is 29.7 Å². The maximum atomic E-state index is 16.9. The molecule has 5 aromatic rings. The SMILES string of the molecule is C#Cc1cccc2cccc(-c3ncc4c(N5CCN(C(=O)/C(F)=C/c6ccccn6)CC5C)nc(OC[C@@]56CCCN5CC(F)C6)nc4c3F)c12. The summed E-state index contributed by atoms with van der Waals surface area (Å²) in [5, 5.41) is 1.90. The van der Waals surface area contributed by atoms with E-state index >= 15 is 8.78 Å². The average Bonchev–Trinajstić information content (AvgIpc) is 3.69. The smallest absolute Gasteiger partial charge is 0.319 e. The van der Waals surface area contributed by atoms with Gasteiger partial charge in [-0.05, 0) is 49.9 Å². The first-order chi connectivity index (χ1) is 25.2. The summed E-state index contributed by atoms with van der Waals surface area (Å²) >= 11 is 0. The van der Waals surface area contributed by atoms with Crippen LogP contribution in [0, 0.1) is 18.2 Å². The molecule has 0 aliphatic carbocycles. The maximum absolute atomic E-state index is 16.9. The van der Waals surface area contributed by atoms with Gasteiger partial charge in [-0.1, -0.05) is 42.3 Å². The Labute approximate surface area is 299 Å². The molecule has 0 saturated carbocycles. The van der Waals surface area contributed by atoms with Crippen LogP contribution in [0.4, 0.5) is 19.0 Å². The molecule has 3 aliphatic heterocycles. The van der Waals surface area contributed by atoms with E-state index < -0.39 is 29.3 Å². The number of hydrogen-bond acceptors (Lipinski definition) is 8. The van der Waals surface area contributed by atoms with Crippen molar-refractivity contribution in [2.45, 2.75) is 43.9 Å². The van der Waals surface area contributed by atoms with Crippen LogP contribution in [-0.4, -0.2) is 92.7 Å². The van der Waals surface area contributed by atoms with E-state index in [1.807, 2.05) is 36.1 Å². The van der Waals surface area contributed by atoms with Crippen molar-refractivity contribution in [1.29, 1.82) is 0 Å². The van der Waals surface area contributed by atoms with Crippen molar-refractivity contribution in [3.63, 3.8) is 0 Å². The molecule has 0 spiro atoms. The van der Waals surface area contributed by atoms with Gasteiger partial charge in [0.15, 0.2) is 11.6 Å². The number of alkyl halides is 1. The monoisotopic (exact) mass is 703 g/mol. The number of carbonyl (C=O) groups excluding carboxylic acids is 1. The predicted octanol–water partition coefficient (Wildman–Crippen LogP) is 6.36. The largest absolute Gasteiger partial charge is 0.461 e. The minimum absolute atomic E-state index is 0.00537. The molecular weight excluding hydrogens is 667 g/mol. The van der Waals surface area contributed by atoms with E-state index in [4.69, 9.17) is 16.1 Å². The number of hydrogen-bond donors (Lipinski definition) is 0. The molecule has 0 bridgehead atoms. The Morgan fingerprint density at radius 1 is 1.08 bits per heavy atom. The molecule has 3 saturated heterocycles. The molecule has 3 aliphatic rings. The van der Waals surface area contributed by atoms with E-state index in [0.29, 0.717) is 46.4 Å². The van der Waals surface area contributed by atoms with Gasteiger partial charge in [-0.2, -0.15) is 9.97 Å². The topological polar surface area (TPSA) is 87.6 Å². The first-order valence-corrected chi connectivity index (χ1v) is 17.5. The Morgan fingerprint density at radius 3 is 2.71 bits per heavy atom. The van der Waals surface area contributed by atoms with E-state index in [9.17, 15) is 9.18 Å². The van der Waals surface area contributed by atoms with Gasteiger partial charge in [0.2, 0.25) is 0 Å². The number of halogens is 3. The average molecular weight is 704 g/mol. The van der Waals surface area contributed by atoms with Gasteiger partial charge in [0, 0.05) is 73.6 Å². The second-order valence-corrected chi connectivity index (χ2v) is 13.8. The van der Waals surface area contributed by atoms with Crippen molar-refractivity contribution in [3.05, 3.63) is 89.9 Å². The van der Waals surface area contributed by atoms with Crippen LogP contribution in [0.5, 0.6) is 6.01 Å². The summed E-state index contributed by atoms with van der Waals surface area (Å²) < 4.78 is 52.9. The molecule has 0 N–H and O–H groups in total.